The molecule has 0 aliphatic rings. The van der Waals surface area contributed by atoms with E-state index < -0.39 is 11.7 Å². The Morgan fingerprint density at radius 2 is 1.83 bits per heavy atom. The Morgan fingerprint density at radius 3 is 2.38 bits per heavy atom. The molecule has 1 N–H and O–H groups in total. The summed E-state index contributed by atoms with van der Waals surface area (Å²) in [6, 6.07) is 9.36. The molecule has 24 heavy (non-hydrogen) atoms. The zero-order chi connectivity index (χ0) is 18.2. The summed E-state index contributed by atoms with van der Waals surface area (Å²) in [5.41, 5.74) is 0.918. The molecule has 5 nitrogen and oxygen atoms in total. The molecule has 0 saturated carbocycles. The molecule has 0 aromatic heterocycles. The van der Waals surface area contributed by atoms with E-state index in [9.17, 15) is 9.59 Å². The van der Waals surface area contributed by atoms with Crippen LogP contribution in [0.4, 0.5) is 4.79 Å². The number of alkyl carbamates (subject to hydrolysis) is 1. The number of carbonyl (C=O) groups is 2. The van der Waals surface area contributed by atoms with Crippen molar-refractivity contribution in [3.05, 3.63) is 47.5 Å². The minimum atomic E-state index is -0.582. The first-order valence-electron chi connectivity index (χ1n) is 8.10. The molecule has 0 heterocycles. The standard InChI is InChI=1S/C19H27NO4/c1-6-23-17(21)14(2)12-16(13-15-10-8-7-9-11-15)20-18(22)24-19(3,4)5/h7-12,16H,6,13H2,1-5H3,(H,20,22)/b14-12-/t16-/m1/s1. The number of benzene rings is 1. The molecule has 1 aromatic rings. The summed E-state index contributed by atoms with van der Waals surface area (Å²) < 4.78 is 10.3. The van der Waals surface area contributed by atoms with Crippen LogP contribution in [0, 0.1) is 0 Å². The second kappa shape index (κ2) is 9.11. The lowest BCUT2D eigenvalue weighted by molar-refractivity contribution is -0.138. The number of rotatable bonds is 6. The van der Waals surface area contributed by atoms with Crippen molar-refractivity contribution in [3.63, 3.8) is 0 Å². The van der Waals surface area contributed by atoms with Gasteiger partial charge in [-0.15, -0.1) is 0 Å². The highest BCUT2D eigenvalue weighted by Crippen LogP contribution is 2.10. The minimum Gasteiger partial charge on any atom is -0.463 e. The number of carbonyl (C=O) groups excluding carboxylic acids is 2. The molecule has 1 rings (SSSR count). The molecule has 0 aliphatic heterocycles. The number of ether oxygens (including phenoxy) is 2. The Balaban J connectivity index is 2.88. The normalized spacial score (nSPS) is 13.1. The van der Waals surface area contributed by atoms with Gasteiger partial charge in [-0.2, -0.15) is 0 Å². The summed E-state index contributed by atoms with van der Waals surface area (Å²) in [6.45, 7) is 9.15. The summed E-state index contributed by atoms with van der Waals surface area (Å²) in [7, 11) is 0. The van der Waals surface area contributed by atoms with Crippen molar-refractivity contribution in [3.8, 4) is 0 Å². The van der Waals surface area contributed by atoms with Crippen molar-refractivity contribution < 1.29 is 19.1 Å². The largest absolute Gasteiger partial charge is 0.463 e. The van der Waals surface area contributed by atoms with Crippen LogP contribution in [0.2, 0.25) is 0 Å². The van der Waals surface area contributed by atoms with Crippen LogP contribution < -0.4 is 5.32 Å². The third-order valence-electron chi connectivity index (χ3n) is 3.05. The fraction of sp³-hybridized carbons (Fsp3) is 0.474. The van der Waals surface area contributed by atoms with Gasteiger partial charge in [-0.3, -0.25) is 0 Å². The summed E-state index contributed by atoms with van der Waals surface area (Å²) >= 11 is 0. The molecule has 0 saturated heterocycles. The lowest BCUT2D eigenvalue weighted by Crippen LogP contribution is -2.39. The smallest absolute Gasteiger partial charge is 0.408 e. The van der Waals surface area contributed by atoms with Crippen molar-refractivity contribution in [1.29, 1.82) is 0 Å². The van der Waals surface area contributed by atoms with E-state index in [1.807, 2.05) is 30.3 Å². The molecule has 0 spiro atoms. The predicted octanol–water partition coefficient (Wildman–Crippen LogP) is 3.63. The van der Waals surface area contributed by atoms with Crippen LogP contribution in [0.1, 0.15) is 40.2 Å². The van der Waals surface area contributed by atoms with E-state index in [4.69, 9.17) is 9.47 Å². The van der Waals surface area contributed by atoms with Gasteiger partial charge in [-0.1, -0.05) is 36.4 Å². The summed E-state index contributed by atoms with van der Waals surface area (Å²) in [5.74, 6) is -0.387. The highest BCUT2D eigenvalue weighted by molar-refractivity contribution is 5.88. The molecule has 1 amide bonds. The van der Waals surface area contributed by atoms with Crippen molar-refractivity contribution >= 4 is 12.1 Å². The Hall–Kier alpha value is -2.30. The molecular formula is C19H27NO4. The zero-order valence-corrected chi connectivity index (χ0v) is 15.1. The lowest BCUT2D eigenvalue weighted by atomic mass is 10.0. The highest BCUT2D eigenvalue weighted by atomic mass is 16.6. The van der Waals surface area contributed by atoms with E-state index in [0.29, 0.717) is 18.6 Å². The average Bonchev–Trinajstić information content (AvgIpc) is 2.46. The molecule has 5 heteroatoms. The zero-order valence-electron chi connectivity index (χ0n) is 15.1. The van der Waals surface area contributed by atoms with Gasteiger partial charge in [0.15, 0.2) is 0 Å². The van der Waals surface area contributed by atoms with E-state index in [0.717, 1.165) is 5.56 Å². The van der Waals surface area contributed by atoms with E-state index in [1.54, 1.807) is 40.7 Å². The van der Waals surface area contributed by atoms with Crippen LogP contribution in [-0.2, 0) is 20.7 Å². The number of esters is 1. The average molecular weight is 333 g/mol. The Morgan fingerprint density at radius 1 is 1.21 bits per heavy atom. The summed E-state index contributed by atoms with van der Waals surface area (Å²) in [5, 5.41) is 2.80. The van der Waals surface area contributed by atoms with Crippen LogP contribution in [0.3, 0.4) is 0 Å². The fourth-order valence-corrected chi connectivity index (χ4v) is 2.09. The molecule has 0 aliphatic carbocycles. The van der Waals surface area contributed by atoms with Crippen LogP contribution >= 0.6 is 0 Å². The van der Waals surface area contributed by atoms with Gasteiger partial charge in [0.25, 0.3) is 0 Å². The number of amides is 1. The first kappa shape index (κ1) is 19.7. The molecule has 1 aromatic carbocycles. The molecule has 1 atom stereocenters. The Kier molecular flexibility index (Phi) is 7.49. The maximum Gasteiger partial charge on any atom is 0.408 e. The topological polar surface area (TPSA) is 64.6 Å². The van der Waals surface area contributed by atoms with Gasteiger partial charge in [0, 0.05) is 5.57 Å². The van der Waals surface area contributed by atoms with Crippen molar-refractivity contribution in [2.24, 2.45) is 0 Å². The van der Waals surface area contributed by atoms with Gasteiger partial charge in [0.1, 0.15) is 5.60 Å². The van der Waals surface area contributed by atoms with E-state index in [-0.39, 0.29) is 12.0 Å². The second-order valence-electron chi connectivity index (χ2n) is 6.51. The molecular weight excluding hydrogens is 306 g/mol. The van der Waals surface area contributed by atoms with E-state index in [2.05, 4.69) is 5.32 Å². The van der Waals surface area contributed by atoms with Crippen LogP contribution in [0.5, 0.6) is 0 Å². The van der Waals surface area contributed by atoms with Gasteiger partial charge < -0.3 is 14.8 Å². The van der Waals surface area contributed by atoms with Crippen LogP contribution in [0.25, 0.3) is 0 Å². The maximum absolute atomic E-state index is 12.1. The highest BCUT2D eigenvalue weighted by Gasteiger charge is 2.19. The maximum atomic E-state index is 12.1. The molecule has 0 bridgehead atoms. The molecule has 0 fully saturated rings. The summed E-state index contributed by atoms with van der Waals surface area (Å²) in [6.07, 6.45) is 1.74. The molecule has 132 valence electrons. The molecule has 0 radical (unpaired) electrons. The van der Waals surface area contributed by atoms with Crippen molar-refractivity contribution in [2.75, 3.05) is 6.61 Å². The van der Waals surface area contributed by atoms with Crippen LogP contribution in [0.15, 0.2) is 42.0 Å². The predicted molar refractivity (Wildman–Crippen MR) is 93.7 cm³/mol. The van der Waals surface area contributed by atoms with Gasteiger partial charge in [0.2, 0.25) is 0 Å². The number of nitrogens with one attached hydrogen (secondary N) is 1. The van der Waals surface area contributed by atoms with Gasteiger partial charge in [-0.05, 0) is 46.6 Å². The fourth-order valence-electron chi connectivity index (χ4n) is 2.09. The van der Waals surface area contributed by atoms with Crippen LogP contribution in [-0.4, -0.2) is 30.3 Å². The monoisotopic (exact) mass is 333 g/mol. The van der Waals surface area contributed by atoms with Gasteiger partial charge in [-0.25, -0.2) is 9.59 Å². The van der Waals surface area contributed by atoms with E-state index >= 15 is 0 Å². The van der Waals surface area contributed by atoms with Gasteiger partial charge in [0.05, 0.1) is 12.6 Å². The third-order valence-corrected chi connectivity index (χ3v) is 3.05. The number of hydrogen-bond acceptors (Lipinski definition) is 4. The van der Waals surface area contributed by atoms with Crippen molar-refractivity contribution in [1.82, 2.24) is 5.32 Å². The minimum absolute atomic E-state index is 0.312. The lowest BCUT2D eigenvalue weighted by Gasteiger charge is -2.22. The number of hydrogen-bond donors (Lipinski definition) is 1. The third kappa shape index (κ3) is 7.81. The first-order valence-corrected chi connectivity index (χ1v) is 8.10. The second-order valence-corrected chi connectivity index (χ2v) is 6.51. The van der Waals surface area contributed by atoms with Crippen molar-refractivity contribution in [2.45, 2.75) is 52.7 Å². The van der Waals surface area contributed by atoms with E-state index in [1.165, 1.54) is 0 Å². The Bertz CT molecular complexity index is 573. The SMILES string of the molecule is CCOC(=O)/C(C)=C\[C@H](Cc1ccccc1)NC(=O)OC(C)(C)C. The first-order chi connectivity index (χ1) is 11.2. The Labute approximate surface area is 144 Å². The molecule has 0 unspecified atom stereocenters. The summed E-state index contributed by atoms with van der Waals surface area (Å²) in [4.78, 5) is 23.9. The quantitative estimate of drug-likeness (QED) is 0.638. The van der Waals surface area contributed by atoms with Gasteiger partial charge >= 0.3 is 12.1 Å².